The average Bonchev–Trinajstić information content (AvgIpc) is 2.53. The highest BCUT2D eigenvalue weighted by Gasteiger charge is 2.04. The molecule has 0 aliphatic carbocycles. The van der Waals surface area contributed by atoms with Crippen LogP contribution in [0.3, 0.4) is 0 Å². The molecule has 0 aliphatic rings. The maximum Gasteiger partial charge on any atom is 0.126 e. The van der Waals surface area contributed by atoms with Crippen molar-refractivity contribution in [3.63, 3.8) is 0 Å². The average molecular weight is 181 g/mol. The van der Waals surface area contributed by atoms with Gasteiger partial charge in [0, 0.05) is 17.7 Å². The standard InChI is InChI=1S/C9H5F2NO/c10-7-3-6(4-8(11)5-7)9-1-2-13-12-9/h1-5H. The van der Waals surface area contributed by atoms with Crippen LogP contribution in [-0.2, 0) is 0 Å². The Morgan fingerprint density at radius 3 is 2.31 bits per heavy atom. The summed E-state index contributed by atoms with van der Waals surface area (Å²) in [6.07, 6.45) is 1.35. The van der Waals surface area contributed by atoms with Crippen LogP contribution in [0.2, 0.25) is 0 Å². The SMILES string of the molecule is Fc1cc(F)cc(-c2ccon2)c1. The van der Waals surface area contributed by atoms with Gasteiger partial charge in [0.05, 0.1) is 0 Å². The van der Waals surface area contributed by atoms with E-state index in [0.29, 0.717) is 11.3 Å². The van der Waals surface area contributed by atoms with Crippen molar-refractivity contribution in [3.05, 3.63) is 42.2 Å². The van der Waals surface area contributed by atoms with E-state index in [1.807, 2.05) is 0 Å². The Morgan fingerprint density at radius 1 is 1.08 bits per heavy atom. The van der Waals surface area contributed by atoms with E-state index >= 15 is 0 Å². The van der Waals surface area contributed by atoms with Gasteiger partial charge < -0.3 is 4.52 Å². The van der Waals surface area contributed by atoms with Gasteiger partial charge in [-0.3, -0.25) is 0 Å². The summed E-state index contributed by atoms with van der Waals surface area (Å²) in [6.45, 7) is 0. The minimum absolute atomic E-state index is 0.367. The number of nitrogens with zero attached hydrogens (tertiary/aromatic N) is 1. The topological polar surface area (TPSA) is 26.0 Å². The third-order valence-electron chi connectivity index (χ3n) is 1.60. The van der Waals surface area contributed by atoms with E-state index in [9.17, 15) is 8.78 Å². The molecule has 2 aromatic rings. The maximum atomic E-state index is 12.7. The van der Waals surface area contributed by atoms with Crippen molar-refractivity contribution in [3.8, 4) is 11.3 Å². The Bertz CT molecular complexity index is 391. The van der Waals surface area contributed by atoms with Crippen molar-refractivity contribution < 1.29 is 13.3 Å². The third kappa shape index (κ3) is 1.56. The second-order valence-corrected chi connectivity index (χ2v) is 2.54. The first-order chi connectivity index (χ1) is 6.25. The van der Waals surface area contributed by atoms with Crippen LogP contribution < -0.4 is 0 Å². The van der Waals surface area contributed by atoms with E-state index in [0.717, 1.165) is 6.07 Å². The molecule has 0 amide bonds. The molecule has 0 unspecified atom stereocenters. The zero-order valence-corrected chi connectivity index (χ0v) is 6.50. The molecule has 0 fully saturated rings. The molecule has 0 bridgehead atoms. The van der Waals surface area contributed by atoms with Crippen molar-refractivity contribution in [1.82, 2.24) is 5.16 Å². The largest absolute Gasteiger partial charge is 0.364 e. The van der Waals surface area contributed by atoms with Gasteiger partial charge in [-0.05, 0) is 12.1 Å². The van der Waals surface area contributed by atoms with Gasteiger partial charge in [0.15, 0.2) is 0 Å². The molecule has 4 heteroatoms. The van der Waals surface area contributed by atoms with Crippen molar-refractivity contribution in [2.24, 2.45) is 0 Å². The van der Waals surface area contributed by atoms with Gasteiger partial charge in [0.2, 0.25) is 0 Å². The highest BCUT2D eigenvalue weighted by atomic mass is 19.1. The van der Waals surface area contributed by atoms with Crippen LogP contribution in [0.15, 0.2) is 35.1 Å². The Balaban J connectivity index is 2.53. The fraction of sp³-hybridized carbons (Fsp3) is 0. The van der Waals surface area contributed by atoms with Crippen molar-refractivity contribution in [2.75, 3.05) is 0 Å². The van der Waals surface area contributed by atoms with Crippen molar-refractivity contribution >= 4 is 0 Å². The molecule has 2 rings (SSSR count). The lowest BCUT2D eigenvalue weighted by molar-refractivity contribution is 0.422. The van der Waals surface area contributed by atoms with E-state index in [1.54, 1.807) is 0 Å². The van der Waals surface area contributed by atoms with Crippen molar-refractivity contribution in [1.29, 1.82) is 0 Å². The summed E-state index contributed by atoms with van der Waals surface area (Å²) in [4.78, 5) is 0. The molecule has 1 heterocycles. The predicted molar refractivity (Wildman–Crippen MR) is 41.9 cm³/mol. The second-order valence-electron chi connectivity index (χ2n) is 2.54. The smallest absolute Gasteiger partial charge is 0.126 e. The summed E-state index contributed by atoms with van der Waals surface area (Å²) in [5.74, 6) is -1.25. The number of aromatic nitrogens is 1. The summed E-state index contributed by atoms with van der Waals surface area (Å²) in [5, 5.41) is 3.56. The molecule has 1 aromatic carbocycles. The lowest BCUT2D eigenvalue weighted by Crippen LogP contribution is -1.83. The molecule has 0 saturated heterocycles. The zero-order valence-electron chi connectivity index (χ0n) is 6.50. The molecular weight excluding hydrogens is 176 g/mol. The van der Waals surface area contributed by atoms with Gasteiger partial charge in [-0.2, -0.15) is 0 Å². The summed E-state index contributed by atoms with van der Waals surface area (Å²) in [5.41, 5.74) is 0.782. The monoisotopic (exact) mass is 181 g/mol. The van der Waals surface area contributed by atoms with Crippen LogP contribution in [0, 0.1) is 11.6 Å². The molecule has 0 atom stereocenters. The normalized spacial score (nSPS) is 10.3. The lowest BCUT2D eigenvalue weighted by Gasteiger charge is -1.95. The van der Waals surface area contributed by atoms with Crippen LogP contribution in [0.1, 0.15) is 0 Å². The highest BCUT2D eigenvalue weighted by Crippen LogP contribution is 2.19. The van der Waals surface area contributed by atoms with E-state index in [4.69, 9.17) is 0 Å². The Labute approximate surface area is 72.8 Å². The number of halogens is 2. The first-order valence-corrected chi connectivity index (χ1v) is 3.62. The summed E-state index contributed by atoms with van der Waals surface area (Å²) >= 11 is 0. The van der Waals surface area contributed by atoms with E-state index in [2.05, 4.69) is 9.68 Å². The molecular formula is C9H5F2NO. The number of benzene rings is 1. The first-order valence-electron chi connectivity index (χ1n) is 3.62. The van der Waals surface area contributed by atoms with Crippen molar-refractivity contribution in [2.45, 2.75) is 0 Å². The third-order valence-corrected chi connectivity index (χ3v) is 1.60. The predicted octanol–water partition coefficient (Wildman–Crippen LogP) is 2.62. The van der Waals surface area contributed by atoms with Crippen LogP contribution in [0.25, 0.3) is 11.3 Å². The van der Waals surface area contributed by atoms with Gasteiger partial charge in [0.1, 0.15) is 23.6 Å². The molecule has 0 saturated carbocycles. The minimum atomic E-state index is -0.627. The van der Waals surface area contributed by atoms with Gasteiger partial charge in [-0.1, -0.05) is 5.16 Å². The van der Waals surface area contributed by atoms with Crippen LogP contribution in [0.4, 0.5) is 8.78 Å². The van der Waals surface area contributed by atoms with Gasteiger partial charge in [0.25, 0.3) is 0 Å². The Kier molecular flexibility index (Phi) is 1.81. The Hall–Kier alpha value is -1.71. The fourth-order valence-corrected chi connectivity index (χ4v) is 1.06. The van der Waals surface area contributed by atoms with Gasteiger partial charge in [-0.15, -0.1) is 0 Å². The van der Waals surface area contributed by atoms with Crippen LogP contribution in [0.5, 0.6) is 0 Å². The molecule has 1 aromatic heterocycles. The number of rotatable bonds is 1. The summed E-state index contributed by atoms with van der Waals surface area (Å²) in [6, 6.07) is 4.74. The molecule has 0 N–H and O–H groups in total. The molecule has 66 valence electrons. The molecule has 0 aliphatic heterocycles. The number of hydrogen-bond donors (Lipinski definition) is 0. The van der Waals surface area contributed by atoms with Crippen LogP contribution in [-0.4, -0.2) is 5.16 Å². The van der Waals surface area contributed by atoms with E-state index in [-0.39, 0.29) is 0 Å². The van der Waals surface area contributed by atoms with E-state index in [1.165, 1.54) is 24.5 Å². The fourth-order valence-electron chi connectivity index (χ4n) is 1.06. The highest BCUT2D eigenvalue weighted by molar-refractivity contribution is 5.57. The van der Waals surface area contributed by atoms with E-state index < -0.39 is 11.6 Å². The quantitative estimate of drug-likeness (QED) is 0.675. The van der Waals surface area contributed by atoms with Gasteiger partial charge >= 0.3 is 0 Å². The summed E-state index contributed by atoms with van der Waals surface area (Å²) < 4.78 is 30.0. The zero-order chi connectivity index (χ0) is 9.26. The molecule has 2 nitrogen and oxygen atoms in total. The maximum absolute atomic E-state index is 12.7. The minimum Gasteiger partial charge on any atom is -0.364 e. The second kappa shape index (κ2) is 2.97. The molecule has 0 radical (unpaired) electrons. The molecule has 13 heavy (non-hydrogen) atoms. The first kappa shape index (κ1) is 7.91. The summed E-state index contributed by atoms with van der Waals surface area (Å²) in [7, 11) is 0. The van der Waals surface area contributed by atoms with Crippen LogP contribution >= 0.6 is 0 Å². The number of hydrogen-bond acceptors (Lipinski definition) is 2. The molecule has 0 spiro atoms. The van der Waals surface area contributed by atoms with Gasteiger partial charge in [-0.25, -0.2) is 8.78 Å². The lowest BCUT2D eigenvalue weighted by atomic mass is 10.1. The Morgan fingerprint density at radius 2 is 1.77 bits per heavy atom.